The highest BCUT2D eigenvalue weighted by molar-refractivity contribution is 5.58. The van der Waals surface area contributed by atoms with E-state index in [-0.39, 0.29) is 5.43 Å². The van der Waals surface area contributed by atoms with Crippen molar-refractivity contribution in [2.24, 2.45) is 0 Å². The molecule has 0 N–H and O–H groups in total. The summed E-state index contributed by atoms with van der Waals surface area (Å²) in [5.74, 6) is 0.293. The molecular weight excluding hydrogens is 266 g/mol. The zero-order chi connectivity index (χ0) is 14.5. The molecule has 0 unspecified atom stereocenters. The maximum Gasteiger partial charge on any atom is 0.229 e. The average molecular weight is 279 g/mol. The van der Waals surface area contributed by atoms with Gasteiger partial charge in [0.2, 0.25) is 5.43 Å². The zero-order valence-electron chi connectivity index (χ0n) is 11.2. The highest BCUT2D eigenvalue weighted by Gasteiger charge is 2.09. The van der Waals surface area contributed by atoms with Crippen molar-refractivity contribution in [1.29, 1.82) is 0 Å². The molecule has 104 valence electrons. The fourth-order valence-corrected chi connectivity index (χ4v) is 1.98. The maximum absolute atomic E-state index is 12.5. The van der Waals surface area contributed by atoms with Crippen molar-refractivity contribution in [3.63, 3.8) is 0 Å². The lowest BCUT2D eigenvalue weighted by Gasteiger charge is -2.04. The highest BCUT2D eigenvalue weighted by atomic mass is 16.5. The van der Waals surface area contributed by atoms with Crippen LogP contribution in [0, 0.1) is 0 Å². The summed E-state index contributed by atoms with van der Waals surface area (Å²) in [7, 11) is 0. The number of ether oxygens (including phenoxy) is 1. The van der Waals surface area contributed by atoms with Crippen LogP contribution >= 0.6 is 0 Å². The third-order valence-corrected chi connectivity index (χ3v) is 3.04. The Bertz CT molecular complexity index is 768. The number of hydrogen-bond acceptors (Lipinski definition) is 4. The minimum absolute atomic E-state index is 0.204. The standard InChI is InChI=1S/C17H13NO3/c19-17-14(15-11-20-12-18-15)8-4-5-9-16(17)21-10-13-6-2-1-3-7-13/h1-9,11-12H,10H2. The SMILES string of the molecule is O=c1c(OCc2ccccc2)ccccc1-c1cocn1. The molecule has 0 aliphatic carbocycles. The summed E-state index contributed by atoms with van der Waals surface area (Å²) in [5.41, 5.74) is 1.76. The third kappa shape index (κ3) is 3.00. The van der Waals surface area contributed by atoms with E-state index in [0.717, 1.165) is 5.56 Å². The topological polar surface area (TPSA) is 52.3 Å². The van der Waals surface area contributed by atoms with Crippen molar-refractivity contribution >= 4 is 0 Å². The molecule has 0 saturated carbocycles. The largest absolute Gasteiger partial charge is 0.485 e. The Morgan fingerprint density at radius 1 is 1.00 bits per heavy atom. The van der Waals surface area contributed by atoms with E-state index in [1.807, 2.05) is 30.3 Å². The minimum atomic E-state index is -0.204. The molecule has 0 bridgehead atoms. The summed E-state index contributed by atoms with van der Waals surface area (Å²) in [5, 5.41) is 0. The van der Waals surface area contributed by atoms with Gasteiger partial charge in [-0.15, -0.1) is 0 Å². The molecule has 0 amide bonds. The molecule has 0 spiro atoms. The van der Waals surface area contributed by atoms with Gasteiger partial charge in [0.25, 0.3) is 0 Å². The second kappa shape index (κ2) is 6.05. The molecule has 0 saturated heterocycles. The lowest BCUT2D eigenvalue weighted by molar-refractivity contribution is 0.304. The lowest BCUT2D eigenvalue weighted by atomic mass is 10.2. The Balaban J connectivity index is 1.91. The summed E-state index contributed by atoms with van der Waals surface area (Å²) in [6.07, 6.45) is 2.74. The first-order valence-electron chi connectivity index (χ1n) is 6.53. The van der Waals surface area contributed by atoms with Crippen molar-refractivity contribution in [3.8, 4) is 17.0 Å². The molecule has 0 aliphatic heterocycles. The van der Waals surface area contributed by atoms with Crippen LogP contribution in [0.15, 0.2) is 76.5 Å². The molecule has 0 fully saturated rings. The maximum atomic E-state index is 12.5. The van der Waals surface area contributed by atoms with E-state index in [2.05, 4.69) is 4.98 Å². The van der Waals surface area contributed by atoms with E-state index in [9.17, 15) is 4.79 Å². The molecular formula is C17H13NO3. The predicted octanol–water partition coefficient (Wildman–Crippen LogP) is 3.28. The van der Waals surface area contributed by atoms with Crippen LogP contribution in [0.25, 0.3) is 11.3 Å². The van der Waals surface area contributed by atoms with Gasteiger partial charge < -0.3 is 9.15 Å². The van der Waals surface area contributed by atoms with E-state index >= 15 is 0 Å². The van der Waals surface area contributed by atoms with Crippen LogP contribution in [0.1, 0.15) is 5.56 Å². The van der Waals surface area contributed by atoms with Gasteiger partial charge in [0.15, 0.2) is 12.1 Å². The number of nitrogens with zero attached hydrogens (tertiary/aromatic N) is 1. The van der Waals surface area contributed by atoms with Crippen LogP contribution < -0.4 is 10.2 Å². The summed E-state index contributed by atoms with van der Waals surface area (Å²) in [6.45, 7) is 0.346. The molecule has 3 aromatic rings. The molecule has 0 atom stereocenters. The Labute approximate surface area is 121 Å². The van der Waals surface area contributed by atoms with Crippen molar-refractivity contribution in [2.75, 3.05) is 0 Å². The number of oxazole rings is 1. The van der Waals surface area contributed by atoms with Gasteiger partial charge in [-0.25, -0.2) is 4.98 Å². The molecule has 0 radical (unpaired) electrons. The second-order valence-corrected chi connectivity index (χ2v) is 4.47. The third-order valence-electron chi connectivity index (χ3n) is 3.04. The molecule has 21 heavy (non-hydrogen) atoms. The summed E-state index contributed by atoms with van der Waals surface area (Å²) in [4.78, 5) is 16.5. The number of aromatic nitrogens is 1. The Hall–Kier alpha value is -2.88. The van der Waals surface area contributed by atoms with Gasteiger partial charge in [0.05, 0.1) is 5.56 Å². The molecule has 0 aliphatic rings. The van der Waals surface area contributed by atoms with E-state index < -0.39 is 0 Å². The predicted molar refractivity (Wildman–Crippen MR) is 79.0 cm³/mol. The normalized spacial score (nSPS) is 10.3. The molecule has 1 aromatic heterocycles. The van der Waals surface area contributed by atoms with Crippen LogP contribution in [0.2, 0.25) is 0 Å². The molecule has 4 heteroatoms. The molecule has 3 rings (SSSR count). The smallest absolute Gasteiger partial charge is 0.229 e. The molecule has 4 nitrogen and oxygen atoms in total. The first-order chi connectivity index (χ1) is 10.3. The quantitative estimate of drug-likeness (QED) is 0.735. The Kier molecular flexibility index (Phi) is 3.78. The number of rotatable bonds is 4. The molecule has 1 heterocycles. The van der Waals surface area contributed by atoms with E-state index in [4.69, 9.17) is 9.15 Å². The van der Waals surface area contributed by atoms with Crippen molar-refractivity contribution in [3.05, 3.63) is 83.0 Å². The molecule has 2 aromatic carbocycles. The second-order valence-electron chi connectivity index (χ2n) is 4.47. The lowest BCUT2D eigenvalue weighted by Crippen LogP contribution is -2.08. The Morgan fingerprint density at radius 3 is 2.52 bits per heavy atom. The number of hydrogen-bond donors (Lipinski definition) is 0. The Morgan fingerprint density at radius 2 is 1.76 bits per heavy atom. The van der Waals surface area contributed by atoms with Crippen molar-refractivity contribution < 1.29 is 9.15 Å². The van der Waals surface area contributed by atoms with Crippen molar-refractivity contribution in [1.82, 2.24) is 4.98 Å². The summed E-state index contributed by atoms with van der Waals surface area (Å²) >= 11 is 0. The zero-order valence-corrected chi connectivity index (χ0v) is 11.2. The van der Waals surface area contributed by atoms with Crippen LogP contribution in [-0.4, -0.2) is 4.98 Å². The minimum Gasteiger partial charge on any atom is -0.485 e. The summed E-state index contributed by atoms with van der Waals surface area (Å²) in [6, 6.07) is 16.6. The van der Waals surface area contributed by atoms with E-state index in [0.29, 0.717) is 23.6 Å². The van der Waals surface area contributed by atoms with Gasteiger partial charge in [0.1, 0.15) is 18.6 Å². The van der Waals surface area contributed by atoms with Crippen LogP contribution in [0.5, 0.6) is 5.75 Å². The first-order valence-corrected chi connectivity index (χ1v) is 6.53. The number of benzene rings is 1. The van der Waals surface area contributed by atoms with Gasteiger partial charge in [-0.2, -0.15) is 0 Å². The van der Waals surface area contributed by atoms with Crippen LogP contribution in [0.4, 0.5) is 0 Å². The van der Waals surface area contributed by atoms with Crippen LogP contribution in [0.3, 0.4) is 0 Å². The van der Waals surface area contributed by atoms with E-state index in [1.165, 1.54) is 12.7 Å². The highest BCUT2D eigenvalue weighted by Crippen LogP contribution is 2.15. The van der Waals surface area contributed by atoms with E-state index in [1.54, 1.807) is 24.3 Å². The van der Waals surface area contributed by atoms with Gasteiger partial charge in [-0.05, 0) is 17.7 Å². The fraction of sp³-hybridized carbons (Fsp3) is 0.0588. The summed E-state index contributed by atoms with van der Waals surface area (Å²) < 4.78 is 10.6. The van der Waals surface area contributed by atoms with Crippen LogP contribution in [-0.2, 0) is 6.61 Å². The average Bonchev–Trinajstić information content (AvgIpc) is 2.98. The van der Waals surface area contributed by atoms with Gasteiger partial charge >= 0.3 is 0 Å². The van der Waals surface area contributed by atoms with Gasteiger partial charge in [-0.1, -0.05) is 42.5 Å². The van der Waals surface area contributed by atoms with Crippen molar-refractivity contribution in [2.45, 2.75) is 6.61 Å². The fourth-order valence-electron chi connectivity index (χ4n) is 1.98. The first kappa shape index (κ1) is 13.1. The van der Waals surface area contributed by atoms with Gasteiger partial charge in [0, 0.05) is 0 Å². The monoisotopic (exact) mass is 279 g/mol. The van der Waals surface area contributed by atoms with Gasteiger partial charge in [-0.3, -0.25) is 4.79 Å².